The number of para-hydroxylation sites is 1. The van der Waals surface area contributed by atoms with E-state index in [2.05, 4.69) is 11.9 Å². The molecule has 1 aromatic carbocycles. The highest BCUT2D eigenvalue weighted by molar-refractivity contribution is 6.05. The molecule has 1 aliphatic rings. The maximum Gasteiger partial charge on any atom is 0.256 e. The lowest BCUT2D eigenvalue weighted by Crippen LogP contribution is -2.33. The number of carbonyl (C=O) groups is 1. The van der Waals surface area contributed by atoms with E-state index in [0.29, 0.717) is 6.04 Å². The Morgan fingerprint density at radius 3 is 2.94 bits per heavy atom. The zero-order valence-electron chi connectivity index (χ0n) is 10.6. The van der Waals surface area contributed by atoms with Crippen LogP contribution in [0.2, 0.25) is 0 Å². The standard InChI is InChI=1S/C15H18N2O/c1-2-10-17(12-6-7-12)15(18)13-5-3-4-11-8-9-16-14(11)13/h3-5,8-9,12,16H,2,6-7,10H2,1H3. The molecule has 0 atom stereocenters. The molecule has 94 valence electrons. The summed E-state index contributed by atoms with van der Waals surface area (Å²) in [7, 11) is 0. The topological polar surface area (TPSA) is 36.1 Å². The van der Waals surface area contributed by atoms with Crippen molar-refractivity contribution in [2.45, 2.75) is 32.2 Å². The summed E-state index contributed by atoms with van der Waals surface area (Å²) in [4.78, 5) is 17.8. The van der Waals surface area contributed by atoms with E-state index in [0.717, 1.165) is 42.3 Å². The summed E-state index contributed by atoms with van der Waals surface area (Å²) in [6.45, 7) is 2.98. The minimum Gasteiger partial charge on any atom is -0.361 e. The molecule has 1 amide bonds. The fraction of sp³-hybridized carbons (Fsp3) is 0.400. The normalized spacial score (nSPS) is 14.9. The van der Waals surface area contributed by atoms with Gasteiger partial charge in [-0.25, -0.2) is 0 Å². The largest absolute Gasteiger partial charge is 0.361 e. The first-order valence-corrected chi connectivity index (χ1v) is 6.68. The van der Waals surface area contributed by atoms with Gasteiger partial charge in [-0.3, -0.25) is 4.79 Å². The van der Waals surface area contributed by atoms with Crippen molar-refractivity contribution in [3.05, 3.63) is 36.0 Å². The first kappa shape index (κ1) is 11.3. The van der Waals surface area contributed by atoms with Crippen molar-refractivity contribution in [1.82, 2.24) is 9.88 Å². The number of nitrogens with one attached hydrogen (secondary N) is 1. The fourth-order valence-corrected chi connectivity index (χ4v) is 2.49. The number of hydrogen-bond acceptors (Lipinski definition) is 1. The van der Waals surface area contributed by atoms with Crippen molar-refractivity contribution in [1.29, 1.82) is 0 Å². The Labute approximate surface area is 107 Å². The summed E-state index contributed by atoms with van der Waals surface area (Å²) in [5, 5.41) is 1.10. The predicted octanol–water partition coefficient (Wildman–Crippen LogP) is 3.18. The van der Waals surface area contributed by atoms with E-state index in [9.17, 15) is 4.79 Å². The van der Waals surface area contributed by atoms with E-state index >= 15 is 0 Å². The lowest BCUT2D eigenvalue weighted by atomic mass is 10.1. The number of aromatic nitrogens is 1. The van der Waals surface area contributed by atoms with Gasteiger partial charge in [0, 0.05) is 24.2 Å². The second kappa shape index (κ2) is 4.48. The number of fused-ring (bicyclic) bond motifs is 1. The molecule has 1 aromatic heterocycles. The van der Waals surface area contributed by atoms with Crippen LogP contribution in [0.15, 0.2) is 30.5 Å². The van der Waals surface area contributed by atoms with Crippen LogP contribution in [0.5, 0.6) is 0 Å². The Morgan fingerprint density at radius 2 is 2.22 bits per heavy atom. The minimum atomic E-state index is 0.174. The Kier molecular flexibility index (Phi) is 2.82. The summed E-state index contributed by atoms with van der Waals surface area (Å²) in [6, 6.07) is 8.40. The predicted molar refractivity (Wildman–Crippen MR) is 72.6 cm³/mol. The number of amides is 1. The van der Waals surface area contributed by atoms with Crippen LogP contribution in [0.4, 0.5) is 0 Å². The Bertz CT molecular complexity index is 569. The lowest BCUT2D eigenvalue weighted by Gasteiger charge is -2.22. The van der Waals surface area contributed by atoms with Crippen LogP contribution < -0.4 is 0 Å². The third-order valence-corrected chi connectivity index (χ3v) is 3.53. The van der Waals surface area contributed by atoms with E-state index in [1.54, 1.807) is 0 Å². The minimum absolute atomic E-state index is 0.174. The number of aromatic amines is 1. The molecule has 3 heteroatoms. The monoisotopic (exact) mass is 242 g/mol. The first-order valence-electron chi connectivity index (χ1n) is 6.68. The average molecular weight is 242 g/mol. The van der Waals surface area contributed by atoms with Gasteiger partial charge in [0.2, 0.25) is 0 Å². The highest BCUT2D eigenvalue weighted by Crippen LogP contribution is 2.29. The molecule has 0 bridgehead atoms. The molecule has 1 saturated carbocycles. The van der Waals surface area contributed by atoms with Gasteiger partial charge in [-0.1, -0.05) is 19.1 Å². The van der Waals surface area contributed by atoms with Crippen LogP contribution >= 0.6 is 0 Å². The zero-order chi connectivity index (χ0) is 12.5. The van der Waals surface area contributed by atoms with E-state index in [4.69, 9.17) is 0 Å². The van der Waals surface area contributed by atoms with Crippen LogP contribution in [-0.4, -0.2) is 28.4 Å². The maximum absolute atomic E-state index is 12.6. The molecule has 0 spiro atoms. The second-order valence-corrected chi connectivity index (χ2v) is 4.98. The Morgan fingerprint density at radius 1 is 1.39 bits per heavy atom. The molecule has 1 N–H and O–H groups in total. The summed E-state index contributed by atoms with van der Waals surface area (Å²) < 4.78 is 0. The van der Waals surface area contributed by atoms with Crippen LogP contribution in [0, 0.1) is 0 Å². The van der Waals surface area contributed by atoms with Gasteiger partial charge in [0.15, 0.2) is 0 Å². The van der Waals surface area contributed by atoms with E-state index in [-0.39, 0.29) is 5.91 Å². The molecular formula is C15H18N2O. The van der Waals surface area contributed by atoms with Gasteiger partial charge in [-0.2, -0.15) is 0 Å². The molecule has 3 rings (SSSR count). The van der Waals surface area contributed by atoms with E-state index < -0.39 is 0 Å². The van der Waals surface area contributed by atoms with Crippen molar-refractivity contribution >= 4 is 16.8 Å². The van der Waals surface area contributed by atoms with Crippen LogP contribution in [-0.2, 0) is 0 Å². The van der Waals surface area contributed by atoms with Gasteiger partial charge in [-0.15, -0.1) is 0 Å². The van der Waals surface area contributed by atoms with Crippen LogP contribution in [0.1, 0.15) is 36.5 Å². The van der Waals surface area contributed by atoms with Gasteiger partial charge >= 0.3 is 0 Å². The summed E-state index contributed by atoms with van der Waals surface area (Å²) in [5.74, 6) is 0.174. The number of nitrogens with zero attached hydrogens (tertiary/aromatic N) is 1. The number of hydrogen-bond donors (Lipinski definition) is 1. The molecule has 1 aliphatic carbocycles. The SMILES string of the molecule is CCCN(C(=O)c1cccc2cc[nH]c12)C1CC1. The molecule has 18 heavy (non-hydrogen) atoms. The lowest BCUT2D eigenvalue weighted by molar-refractivity contribution is 0.0745. The Hall–Kier alpha value is -1.77. The number of carbonyl (C=O) groups excluding carboxylic acids is 1. The first-order chi connectivity index (χ1) is 8.81. The maximum atomic E-state index is 12.6. The van der Waals surface area contributed by atoms with Gasteiger partial charge in [-0.05, 0) is 31.4 Å². The number of H-pyrrole nitrogens is 1. The zero-order valence-corrected chi connectivity index (χ0v) is 10.6. The van der Waals surface area contributed by atoms with Gasteiger partial charge in [0.25, 0.3) is 5.91 Å². The third-order valence-electron chi connectivity index (χ3n) is 3.53. The summed E-state index contributed by atoms with van der Waals surface area (Å²) in [5.41, 5.74) is 1.77. The molecule has 0 aliphatic heterocycles. The molecule has 1 heterocycles. The van der Waals surface area contributed by atoms with Gasteiger partial charge < -0.3 is 9.88 Å². The highest BCUT2D eigenvalue weighted by atomic mass is 16.2. The molecule has 3 nitrogen and oxygen atoms in total. The molecule has 0 saturated heterocycles. The highest BCUT2D eigenvalue weighted by Gasteiger charge is 2.32. The third kappa shape index (κ3) is 1.90. The van der Waals surface area contributed by atoms with Gasteiger partial charge in [0.05, 0.1) is 11.1 Å². The van der Waals surface area contributed by atoms with Crippen LogP contribution in [0.3, 0.4) is 0 Å². The van der Waals surface area contributed by atoms with Crippen LogP contribution in [0.25, 0.3) is 10.9 Å². The quantitative estimate of drug-likeness (QED) is 0.878. The van der Waals surface area contributed by atoms with Crippen molar-refractivity contribution in [2.75, 3.05) is 6.54 Å². The van der Waals surface area contributed by atoms with E-state index in [1.807, 2.05) is 35.4 Å². The van der Waals surface area contributed by atoms with Crippen molar-refractivity contribution in [3.63, 3.8) is 0 Å². The fourth-order valence-electron chi connectivity index (χ4n) is 2.49. The smallest absolute Gasteiger partial charge is 0.256 e. The average Bonchev–Trinajstić information content (AvgIpc) is 3.11. The molecule has 0 unspecified atom stereocenters. The van der Waals surface area contributed by atoms with Gasteiger partial charge in [0.1, 0.15) is 0 Å². The second-order valence-electron chi connectivity index (χ2n) is 4.98. The number of benzene rings is 1. The molecule has 2 aromatic rings. The summed E-state index contributed by atoms with van der Waals surface area (Å²) >= 11 is 0. The summed E-state index contributed by atoms with van der Waals surface area (Å²) in [6.07, 6.45) is 5.23. The van der Waals surface area contributed by atoms with Crippen molar-refractivity contribution in [3.8, 4) is 0 Å². The molecule has 0 radical (unpaired) electrons. The van der Waals surface area contributed by atoms with Crippen molar-refractivity contribution < 1.29 is 4.79 Å². The number of rotatable bonds is 4. The molecule has 1 fully saturated rings. The molecular weight excluding hydrogens is 224 g/mol. The van der Waals surface area contributed by atoms with E-state index in [1.165, 1.54) is 0 Å². The van der Waals surface area contributed by atoms with Crippen molar-refractivity contribution in [2.24, 2.45) is 0 Å². The Balaban J connectivity index is 1.97.